The van der Waals surface area contributed by atoms with Gasteiger partial charge in [-0.2, -0.15) is 8.78 Å². The lowest BCUT2D eigenvalue weighted by Crippen LogP contribution is -2.41. The molecule has 1 atom stereocenters. The van der Waals surface area contributed by atoms with Gasteiger partial charge >= 0.3 is 6.61 Å². The van der Waals surface area contributed by atoms with Crippen molar-refractivity contribution in [1.29, 1.82) is 0 Å². The largest absolute Gasteiger partial charge is 0.435 e. The third kappa shape index (κ3) is 4.88. The monoisotopic (exact) mass is 327 g/mol. The number of amides is 2. The SMILES string of the molecule is NCC(=O)NCC(=O)NC1CCCc2cc(OC(F)F)ccc21. The van der Waals surface area contributed by atoms with E-state index in [9.17, 15) is 18.4 Å². The van der Waals surface area contributed by atoms with Gasteiger partial charge in [0.25, 0.3) is 0 Å². The highest BCUT2D eigenvalue weighted by molar-refractivity contribution is 5.85. The molecule has 4 N–H and O–H groups in total. The van der Waals surface area contributed by atoms with Crippen molar-refractivity contribution in [2.45, 2.75) is 31.9 Å². The van der Waals surface area contributed by atoms with Crippen molar-refractivity contribution in [2.24, 2.45) is 5.73 Å². The van der Waals surface area contributed by atoms with Crippen LogP contribution in [0, 0.1) is 0 Å². The van der Waals surface area contributed by atoms with Gasteiger partial charge in [0, 0.05) is 0 Å². The van der Waals surface area contributed by atoms with E-state index < -0.39 is 12.5 Å². The number of rotatable bonds is 6. The molecule has 0 aromatic heterocycles. The third-order valence-corrected chi connectivity index (χ3v) is 3.62. The minimum atomic E-state index is -2.86. The highest BCUT2D eigenvalue weighted by Gasteiger charge is 2.22. The molecule has 0 saturated carbocycles. The van der Waals surface area contributed by atoms with E-state index >= 15 is 0 Å². The lowest BCUT2D eigenvalue weighted by molar-refractivity contribution is -0.125. The number of alkyl halides is 2. The Morgan fingerprint density at radius 2 is 2.13 bits per heavy atom. The van der Waals surface area contributed by atoms with Crippen LogP contribution in [0.15, 0.2) is 18.2 Å². The molecule has 1 aliphatic carbocycles. The predicted molar refractivity (Wildman–Crippen MR) is 79.0 cm³/mol. The first-order valence-corrected chi connectivity index (χ1v) is 7.33. The van der Waals surface area contributed by atoms with Crippen LogP contribution in [-0.2, 0) is 16.0 Å². The Balaban J connectivity index is 2.01. The van der Waals surface area contributed by atoms with Crippen molar-refractivity contribution in [2.75, 3.05) is 13.1 Å². The standard InChI is InChI=1S/C15H19F2N3O3/c16-15(17)23-10-4-5-11-9(6-10)2-1-3-12(11)20-14(22)8-19-13(21)7-18/h4-6,12,15H,1-3,7-8,18H2,(H,19,21)(H,20,22). The second-order valence-electron chi connectivity index (χ2n) is 5.23. The number of benzene rings is 1. The molecule has 0 fully saturated rings. The van der Waals surface area contributed by atoms with Crippen LogP contribution in [0.3, 0.4) is 0 Å². The Hall–Kier alpha value is -2.22. The van der Waals surface area contributed by atoms with Crippen molar-refractivity contribution in [1.82, 2.24) is 10.6 Å². The van der Waals surface area contributed by atoms with Crippen molar-refractivity contribution in [3.05, 3.63) is 29.3 Å². The number of ether oxygens (including phenoxy) is 1. The number of nitrogens with two attached hydrogens (primary N) is 1. The highest BCUT2D eigenvalue weighted by atomic mass is 19.3. The Labute approximate surface area is 132 Å². The zero-order valence-electron chi connectivity index (χ0n) is 12.5. The number of hydrogen-bond donors (Lipinski definition) is 3. The van der Waals surface area contributed by atoms with Crippen molar-refractivity contribution >= 4 is 11.8 Å². The summed E-state index contributed by atoms with van der Waals surface area (Å²) in [5.74, 6) is -0.614. The molecule has 0 aliphatic heterocycles. The van der Waals surface area contributed by atoms with Crippen molar-refractivity contribution in [3.63, 3.8) is 0 Å². The van der Waals surface area contributed by atoms with E-state index in [1.807, 2.05) is 0 Å². The van der Waals surface area contributed by atoms with E-state index in [-0.39, 0.29) is 30.8 Å². The quantitative estimate of drug-likeness (QED) is 0.722. The van der Waals surface area contributed by atoms with E-state index in [1.165, 1.54) is 6.07 Å². The van der Waals surface area contributed by atoms with E-state index in [1.54, 1.807) is 12.1 Å². The van der Waals surface area contributed by atoms with Gasteiger partial charge in [0.1, 0.15) is 5.75 Å². The summed E-state index contributed by atoms with van der Waals surface area (Å²) in [6.07, 6.45) is 2.32. The van der Waals surface area contributed by atoms with Gasteiger partial charge in [-0.25, -0.2) is 0 Å². The van der Waals surface area contributed by atoms with Crippen LogP contribution >= 0.6 is 0 Å². The smallest absolute Gasteiger partial charge is 0.387 e. The summed E-state index contributed by atoms with van der Waals surface area (Å²) < 4.78 is 28.9. The maximum absolute atomic E-state index is 12.3. The predicted octanol–water partition coefficient (Wildman–Crippen LogP) is 0.856. The maximum atomic E-state index is 12.3. The lowest BCUT2D eigenvalue weighted by Gasteiger charge is -2.27. The molecule has 2 amide bonds. The van der Waals surface area contributed by atoms with E-state index in [0.29, 0.717) is 0 Å². The minimum absolute atomic E-state index is 0.112. The first-order chi connectivity index (χ1) is 11.0. The molecular formula is C15H19F2N3O3. The first kappa shape index (κ1) is 17.1. The molecule has 23 heavy (non-hydrogen) atoms. The molecule has 1 unspecified atom stereocenters. The van der Waals surface area contributed by atoms with Crippen molar-refractivity contribution in [3.8, 4) is 5.75 Å². The number of fused-ring (bicyclic) bond motifs is 1. The number of carbonyl (C=O) groups is 2. The van der Waals surface area contributed by atoms with Gasteiger partial charge in [0.15, 0.2) is 0 Å². The molecule has 1 aromatic carbocycles. The highest BCUT2D eigenvalue weighted by Crippen LogP contribution is 2.32. The fourth-order valence-corrected chi connectivity index (χ4v) is 2.61. The average Bonchev–Trinajstić information content (AvgIpc) is 2.52. The van der Waals surface area contributed by atoms with Crippen LogP contribution in [-0.4, -0.2) is 31.5 Å². The van der Waals surface area contributed by atoms with Crippen LogP contribution in [0.4, 0.5) is 8.78 Å². The fraction of sp³-hybridized carbons (Fsp3) is 0.467. The number of nitrogens with one attached hydrogen (secondary N) is 2. The van der Waals surface area contributed by atoms with Crippen LogP contribution in [0.1, 0.15) is 30.0 Å². The summed E-state index contributed by atoms with van der Waals surface area (Å²) in [6, 6.07) is 4.53. The zero-order chi connectivity index (χ0) is 16.8. The molecule has 1 aliphatic rings. The average molecular weight is 327 g/mol. The molecule has 8 heteroatoms. The van der Waals surface area contributed by atoms with Crippen LogP contribution in [0.25, 0.3) is 0 Å². The number of halogens is 2. The first-order valence-electron chi connectivity index (χ1n) is 7.33. The zero-order valence-corrected chi connectivity index (χ0v) is 12.5. The van der Waals surface area contributed by atoms with E-state index in [4.69, 9.17) is 5.73 Å². The number of hydrogen-bond acceptors (Lipinski definition) is 4. The van der Waals surface area contributed by atoms with Crippen LogP contribution in [0.2, 0.25) is 0 Å². The minimum Gasteiger partial charge on any atom is -0.435 e. The topological polar surface area (TPSA) is 93.5 Å². The maximum Gasteiger partial charge on any atom is 0.387 e. The summed E-state index contributed by atoms with van der Waals surface area (Å²) in [7, 11) is 0. The summed E-state index contributed by atoms with van der Waals surface area (Å²) in [5, 5.41) is 5.23. The normalized spacial score (nSPS) is 16.6. The summed E-state index contributed by atoms with van der Waals surface area (Å²) in [4.78, 5) is 22.9. The van der Waals surface area contributed by atoms with Gasteiger partial charge in [-0.15, -0.1) is 0 Å². The van der Waals surface area contributed by atoms with Crippen LogP contribution in [0.5, 0.6) is 5.75 Å². The Morgan fingerprint density at radius 3 is 2.83 bits per heavy atom. The molecule has 0 spiro atoms. The van der Waals surface area contributed by atoms with E-state index in [2.05, 4.69) is 15.4 Å². The Bertz CT molecular complexity index is 581. The molecule has 0 bridgehead atoms. The van der Waals surface area contributed by atoms with Gasteiger partial charge in [-0.1, -0.05) is 6.07 Å². The van der Waals surface area contributed by atoms with Crippen molar-refractivity contribution < 1.29 is 23.1 Å². The molecule has 0 radical (unpaired) electrons. The Kier molecular flexibility index (Phi) is 5.86. The van der Waals surface area contributed by atoms with Gasteiger partial charge in [0.2, 0.25) is 11.8 Å². The third-order valence-electron chi connectivity index (χ3n) is 3.62. The number of carbonyl (C=O) groups excluding carboxylic acids is 2. The van der Waals surface area contributed by atoms with Gasteiger partial charge in [-0.3, -0.25) is 9.59 Å². The Morgan fingerprint density at radius 1 is 1.35 bits per heavy atom. The molecular weight excluding hydrogens is 308 g/mol. The van der Waals surface area contributed by atoms with Gasteiger partial charge < -0.3 is 21.1 Å². The molecule has 6 nitrogen and oxygen atoms in total. The molecule has 0 heterocycles. The number of aryl methyl sites for hydroxylation is 1. The van der Waals surface area contributed by atoms with E-state index in [0.717, 1.165) is 30.4 Å². The second-order valence-corrected chi connectivity index (χ2v) is 5.23. The molecule has 0 saturated heterocycles. The van der Waals surface area contributed by atoms with Gasteiger partial charge in [-0.05, 0) is 42.5 Å². The second kappa shape index (κ2) is 7.87. The van der Waals surface area contributed by atoms with Gasteiger partial charge in [0.05, 0.1) is 19.1 Å². The fourth-order valence-electron chi connectivity index (χ4n) is 2.61. The molecule has 126 valence electrons. The molecule has 2 rings (SSSR count). The lowest BCUT2D eigenvalue weighted by atomic mass is 9.87. The summed E-state index contributed by atoms with van der Waals surface area (Å²) in [5.41, 5.74) is 6.91. The summed E-state index contributed by atoms with van der Waals surface area (Å²) >= 11 is 0. The summed E-state index contributed by atoms with van der Waals surface area (Å²) in [6.45, 7) is -3.18. The molecule has 1 aromatic rings. The van der Waals surface area contributed by atoms with Crippen LogP contribution < -0.4 is 21.1 Å².